The summed E-state index contributed by atoms with van der Waals surface area (Å²) in [6.45, 7) is 0. The van der Waals surface area contributed by atoms with Gasteiger partial charge >= 0.3 is 0 Å². The third-order valence-corrected chi connectivity index (χ3v) is 4.38. The number of ether oxygens (including phenoxy) is 3. The Bertz CT molecular complexity index is 722. The molecule has 0 saturated carbocycles. The van der Waals surface area contributed by atoms with Crippen LogP contribution in [0.15, 0.2) is 36.4 Å². The zero-order valence-corrected chi connectivity index (χ0v) is 13.6. The van der Waals surface area contributed by atoms with E-state index in [1.807, 2.05) is 18.2 Å². The second kappa shape index (κ2) is 6.32. The van der Waals surface area contributed by atoms with E-state index in [1.54, 1.807) is 27.4 Å². The average Bonchev–Trinajstić information content (AvgIpc) is 2.60. The molecule has 0 saturated heterocycles. The molecule has 1 aliphatic rings. The third kappa shape index (κ3) is 2.65. The zero-order valence-electron chi connectivity index (χ0n) is 13.6. The van der Waals surface area contributed by atoms with E-state index in [9.17, 15) is 4.79 Å². The Kier molecular flexibility index (Phi) is 4.24. The van der Waals surface area contributed by atoms with Gasteiger partial charge in [-0.05, 0) is 17.9 Å². The lowest BCUT2D eigenvalue weighted by Crippen LogP contribution is -2.21. The van der Waals surface area contributed by atoms with Crippen molar-refractivity contribution < 1.29 is 19.0 Å². The number of ketones is 1. The summed E-state index contributed by atoms with van der Waals surface area (Å²) >= 11 is 0. The molecule has 4 heteroatoms. The van der Waals surface area contributed by atoms with Gasteiger partial charge in [0.25, 0.3) is 0 Å². The maximum absolute atomic E-state index is 12.7. The van der Waals surface area contributed by atoms with Crippen LogP contribution in [0.25, 0.3) is 0 Å². The molecule has 2 aromatic rings. The van der Waals surface area contributed by atoms with Crippen LogP contribution in [-0.4, -0.2) is 27.1 Å². The molecule has 1 atom stereocenters. The van der Waals surface area contributed by atoms with Crippen LogP contribution in [0.3, 0.4) is 0 Å². The Morgan fingerprint density at radius 1 is 0.913 bits per heavy atom. The summed E-state index contributed by atoms with van der Waals surface area (Å²) in [5.41, 5.74) is 2.65. The van der Waals surface area contributed by atoms with Crippen molar-refractivity contribution in [3.8, 4) is 17.2 Å². The molecule has 0 aromatic heterocycles. The first kappa shape index (κ1) is 15.4. The third-order valence-electron chi connectivity index (χ3n) is 4.38. The molecule has 120 valence electrons. The number of hydrogen-bond acceptors (Lipinski definition) is 4. The van der Waals surface area contributed by atoms with Crippen LogP contribution in [0, 0.1) is 0 Å². The Balaban J connectivity index is 2.13. The van der Waals surface area contributed by atoms with Crippen LogP contribution < -0.4 is 14.2 Å². The van der Waals surface area contributed by atoms with Crippen LogP contribution in [0.4, 0.5) is 0 Å². The van der Waals surface area contributed by atoms with Crippen molar-refractivity contribution in [3.05, 3.63) is 53.1 Å². The minimum atomic E-state index is 0.0814. The van der Waals surface area contributed by atoms with Gasteiger partial charge in [0.2, 0.25) is 0 Å². The highest BCUT2D eigenvalue weighted by Gasteiger charge is 2.33. The van der Waals surface area contributed by atoms with Crippen LogP contribution in [0.5, 0.6) is 17.2 Å². The van der Waals surface area contributed by atoms with E-state index in [-0.39, 0.29) is 11.7 Å². The maximum Gasteiger partial charge on any atom is 0.167 e. The highest BCUT2D eigenvalue weighted by atomic mass is 16.5. The van der Waals surface area contributed by atoms with Gasteiger partial charge < -0.3 is 14.2 Å². The fraction of sp³-hybridized carbons (Fsp3) is 0.316. The number of rotatable bonds is 4. The number of Topliss-reactive ketones (excluding diaryl/α,β-unsaturated/α-hetero) is 1. The van der Waals surface area contributed by atoms with E-state index in [0.717, 1.165) is 17.5 Å². The largest absolute Gasteiger partial charge is 0.496 e. The van der Waals surface area contributed by atoms with Crippen molar-refractivity contribution in [3.63, 3.8) is 0 Å². The highest BCUT2D eigenvalue weighted by Crippen LogP contribution is 2.45. The monoisotopic (exact) mass is 312 g/mol. The number of benzene rings is 2. The molecule has 0 spiro atoms. The first-order valence-electron chi connectivity index (χ1n) is 7.59. The summed E-state index contributed by atoms with van der Waals surface area (Å²) in [7, 11) is 4.75. The molecule has 0 heterocycles. The van der Waals surface area contributed by atoms with E-state index in [2.05, 4.69) is 12.1 Å². The zero-order chi connectivity index (χ0) is 16.4. The summed E-state index contributed by atoms with van der Waals surface area (Å²) < 4.78 is 16.3. The summed E-state index contributed by atoms with van der Waals surface area (Å²) in [6, 6.07) is 11.8. The van der Waals surface area contributed by atoms with Crippen LogP contribution >= 0.6 is 0 Å². The van der Waals surface area contributed by atoms with Gasteiger partial charge in [0.1, 0.15) is 5.75 Å². The topological polar surface area (TPSA) is 44.8 Å². The molecule has 0 N–H and O–H groups in total. The molecule has 1 aliphatic carbocycles. The molecular formula is C19H20O4. The van der Waals surface area contributed by atoms with Crippen LogP contribution in [0.2, 0.25) is 0 Å². The molecule has 4 nitrogen and oxygen atoms in total. The Hall–Kier alpha value is -2.49. The molecule has 3 rings (SSSR count). The first-order chi connectivity index (χ1) is 11.2. The average molecular weight is 312 g/mol. The van der Waals surface area contributed by atoms with E-state index < -0.39 is 0 Å². The van der Waals surface area contributed by atoms with Gasteiger partial charge in [-0.1, -0.05) is 30.3 Å². The van der Waals surface area contributed by atoms with Gasteiger partial charge in [-0.3, -0.25) is 4.79 Å². The molecule has 0 unspecified atom stereocenters. The standard InChI is InChI=1S/C19H20O4/c1-21-16-11-17(22-2)19(23-3)14-9-13(10-15(20)18(14)16)12-7-5-4-6-8-12/h4-8,11,13H,9-10H2,1-3H3/t13-/m1/s1. The van der Waals surface area contributed by atoms with Crippen molar-refractivity contribution in [2.45, 2.75) is 18.8 Å². The normalized spacial score (nSPS) is 16.7. The smallest absolute Gasteiger partial charge is 0.167 e. The van der Waals surface area contributed by atoms with Gasteiger partial charge in [0, 0.05) is 18.1 Å². The summed E-state index contributed by atoms with van der Waals surface area (Å²) in [5, 5.41) is 0. The minimum Gasteiger partial charge on any atom is -0.496 e. The summed E-state index contributed by atoms with van der Waals surface area (Å²) in [4.78, 5) is 12.7. The Morgan fingerprint density at radius 2 is 1.61 bits per heavy atom. The van der Waals surface area contributed by atoms with Gasteiger partial charge in [-0.15, -0.1) is 0 Å². The van der Waals surface area contributed by atoms with Crippen molar-refractivity contribution in [1.29, 1.82) is 0 Å². The highest BCUT2D eigenvalue weighted by molar-refractivity contribution is 6.03. The van der Waals surface area contributed by atoms with E-state index in [0.29, 0.717) is 29.2 Å². The molecule has 0 aliphatic heterocycles. The second-order valence-corrected chi connectivity index (χ2v) is 5.61. The lowest BCUT2D eigenvalue weighted by Gasteiger charge is -2.27. The van der Waals surface area contributed by atoms with E-state index >= 15 is 0 Å². The lowest BCUT2D eigenvalue weighted by molar-refractivity contribution is 0.0959. The van der Waals surface area contributed by atoms with Gasteiger partial charge in [0.15, 0.2) is 17.3 Å². The number of carbonyl (C=O) groups excluding carboxylic acids is 1. The van der Waals surface area contributed by atoms with Crippen LogP contribution in [0.1, 0.15) is 33.8 Å². The lowest BCUT2D eigenvalue weighted by atomic mass is 9.78. The fourth-order valence-electron chi connectivity index (χ4n) is 3.31. The van der Waals surface area contributed by atoms with E-state index in [4.69, 9.17) is 14.2 Å². The van der Waals surface area contributed by atoms with Gasteiger partial charge in [-0.25, -0.2) is 0 Å². The molecule has 2 aromatic carbocycles. The van der Waals surface area contributed by atoms with Crippen LogP contribution in [-0.2, 0) is 6.42 Å². The van der Waals surface area contributed by atoms with Gasteiger partial charge in [0.05, 0.1) is 26.9 Å². The molecule has 0 radical (unpaired) electrons. The maximum atomic E-state index is 12.7. The molecular weight excluding hydrogens is 292 g/mol. The Morgan fingerprint density at radius 3 is 2.22 bits per heavy atom. The molecule has 0 fully saturated rings. The minimum absolute atomic E-state index is 0.0814. The van der Waals surface area contributed by atoms with Crippen molar-refractivity contribution in [2.75, 3.05) is 21.3 Å². The summed E-state index contributed by atoms with van der Waals surface area (Å²) in [6.07, 6.45) is 1.20. The predicted octanol–water partition coefficient (Wildman–Crippen LogP) is 3.63. The number of fused-ring (bicyclic) bond motifs is 1. The molecule has 23 heavy (non-hydrogen) atoms. The predicted molar refractivity (Wildman–Crippen MR) is 87.9 cm³/mol. The number of methoxy groups -OCH3 is 3. The Labute approximate surface area is 136 Å². The number of carbonyl (C=O) groups is 1. The number of hydrogen-bond donors (Lipinski definition) is 0. The van der Waals surface area contributed by atoms with Gasteiger partial charge in [-0.2, -0.15) is 0 Å². The van der Waals surface area contributed by atoms with Crippen molar-refractivity contribution in [1.82, 2.24) is 0 Å². The quantitative estimate of drug-likeness (QED) is 0.865. The fourth-order valence-corrected chi connectivity index (χ4v) is 3.31. The first-order valence-corrected chi connectivity index (χ1v) is 7.59. The second-order valence-electron chi connectivity index (χ2n) is 5.61. The summed E-state index contributed by atoms with van der Waals surface area (Å²) in [5.74, 6) is 1.98. The molecule has 0 amide bonds. The SMILES string of the molecule is COc1cc(OC)c2c(c1OC)C[C@@H](c1ccccc1)CC2=O. The van der Waals surface area contributed by atoms with Crippen molar-refractivity contribution >= 4 is 5.78 Å². The van der Waals surface area contributed by atoms with Crippen molar-refractivity contribution in [2.24, 2.45) is 0 Å². The van der Waals surface area contributed by atoms with E-state index in [1.165, 1.54) is 0 Å². The molecule has 0 bridgehead atoms.